The summed E-state index contributed by atoms with van der Waals surface area (Å²) >= 11 is 0. The van der Waals surface area contributed by atoms with E-state index in [4.69, 9.17) is 5.73 Å². The van der Waals surface area contributed by atoms with Crippen molar-refractivity contribution >= 4 is 5.91 Å². The molecule has 3 heteroatoms. The van der Waals surface area contributed by atoms with Crippen molar-refractivity contribution in [2.24, 2.45) is 5.73 Å². The van der Waals surface area contributed by atoms with Gasteiger partial charge in [-0.15, -0.1) is 0 Å². The van der Waals surface area contributed by atoms with Gasteiger partial charge in [0, 0.05) is 5.56 Å². The third-order valence-electron chi connectivity index (χ3n) is 1.20. The Morgan fingerprint density at radius 1 is 1.45 bits per heavy atom. The lowest BCUT2D eigenvalue weighted by atomic mass is 10.1. The van der Waals surface area contributed by atoms with Crippen LogP contribution in [0, 0.1) is 12.2 Å². The first-order chi connectivity index (χ1) is 5.20. The topological polar surface area (TPSA) is 43.1 Å². The Kier molecular flexibility index (Phi) is 2.21. The Morgan fingerprint density at radius 3 is 2.64 bits per heavy atom. The minimum absolute atomic E-state index is 0.222. The van der Waals surface area contributed by atoms with E-state index in [0.29, 0.717) is 0 Å². The molecule has 11 heavy (non-hydrogen) atoms. The first-order valence-corrected chi connectivity index (χ1v) is 3.09. The molecule has 2 N–H and O–H groups in total. The number of primary amides is 1. The van der Waals surface area contributed by atoms with Crippen LogP contribution in [0.15, 0.2) is 24.3 Å². The number of carbonyl (C=O) groups is 1. The molecule has 0 saturated carbocycles. The Balaban J connectivity index is 2.86. The zero-order valence-corrected chi connectivity index (χ0v) is 5.75. The molecule has 0 aliphatic rings. The van der Waals surface area contributed by atoms with Gasteiger partial charge in [-0.2, -0.15) is 0 Å². The van der Waals surface area contributed by atoms with E-state index in [1.54, 1.807) is 12.1 Å². The Bertz CT molecular complexity index is 273. The molecular weight excluding hydrogens is 145 g/mol. The van der Waals surface area contributed by atoms with Crippen molar-refractivity contribution in [1.29, 1.82) is 0 Å². The molecule has 0 fully saturated rings. The standard InChI is InChI=1S/C8H7FNO/c9-7-4-2-1-3-6(7)5-8(10)11/h1-5H,(H2,10,11). The highest BCUT2D eigenvalue weighted by Gasteiger charge is 2.03. The van der Waals surface area contributed by atoms with Gasteiger partial charge in [-0.05, 0) is 6.07 Å². The average Bonchev–Trinajstić information content (AvgIpc) is 1.93. The van der Waals surface area contributed by atoms with E-state index in [0.717, 1.165) is 6.42 Å². The van der Waals surface area contributed by atoms with Crippen LogP contribution < -0.4 is 5.73 Å². The van der Waals surface area contributed by atoms with Crippen LogP contribution in [0.1, 0.15) is 5.56 Å². The molecule has 1 rings (SSSR count). The number of nitrogens with two attached hydrogens (primary N) is 1. The minimum atomic E-state index is -0.643. The summed E-state index contributed by atoms with van der Waals surface area (Å²) in [5, 5.41) is 0. The fourth-order valence-corrected chi connectivity index (χ4v) is 0.745. The van der Waals surface area contributed by atoms with Crippen LogP contribution in [0.2, 0.25) is 0 Å². The predicted molar refractivity (Wildman–Crippen MR) is 39.0 cm³/mol. The van der Waals surface area contributed by atoms with Crippen LogP contribution in [0.3, 0.4) is 0 Å². The molecule has 0 heterocycles. The highest BCUT2D eigenvalue weighted by molar-refractivity contribution is 5.86. The molecule has 2 nitrogen and oxygen atoms in total. The highest BCUT2D eigenvalue weighted by atomic mass is 19.1. The fourth-order valence-electron chi connectivity index (χ4n) is 0.745. The summed E-state index contributed by atoms with van der Waals surface area (Å²) in [7, 11) is 0. The first kappa shape index (κ1) is 7.72. The summed E-state index contributed by atoms with van der Waals surface area (Å²) in [4.78, 5) is 10.3. The smallest absolute Gasteiger partial charge is 0.226 e. The van der Waals surface area contributed by atoms with Crippen molar-refractivity contribution in [3.8, 4) is 0 Å². The third-order valence-corrected chi connectivity index (χ3v) is 1.20. The van der Waals surface area contributed by atoms with Crippen LogP contribution >= 0.6 is 0 Å². The maximum Gasteiger partial charge on any atom is 0.226 e. The molecule has 0 spiro atoms. The van der Waals surface area contributed by atoms with Crippen molar-refractivity contribution < 1.29 is 9.18 Å². The van der Waals surface area contributed by atoms with E-state index in [1.807, 2.05) is 0 Å². The van der Waals surface area contributed by atoms with Gasteiger partial charge in [0.05, 0.1) is 6.42 Å². The predicted octanol–water partition coefficient (Wildman–Crippen LogP) is 0.863. The van der Waals surface area contributed by atoms with Crippen LogP contribution in [0.5, 0.6) is 0 Å². The molecular formula is C8H7FNO. The Hall–Kier alpha value is -1.38. The molecule has 0 saturated heterocycles. The van der Waals surface area contributed by atoms with Crippen LogP contribution in [0.25, 0.3) is 0 Å². The van der Waals surface area contributed by atoms with E-state index < -0.39 is 11.7 Å². The van der Waals surface area contributed by atoms with Crippen LogP contribution in [-0.4, -0.2) is 5.91 Å². The largest absolute Gasteiger partial charge is 0.369 e. The number of amides is 1. The molecule has 1 amide bonds. The number of carbonyl (C=O) groups excluding carboxylic acids is 1. The summed E-state index contributed by atoms with van der Waals surface area (Å²) in [5.74, 6) is -1.08. The zero-order chi connectivity index (χ0) is 8.27. The zero-order valence-electron chi connectivity index (χ0n) is 5.75. The van der Waals surface area contributed by atoms with E-state index in [2.05, 4.69) is 0 Å². The number of hydrogen-bond acceptors (Lipinski definition) is 1. The Labute approximate surface area is 63.8 Å². The average molecular weight is 152 g/mol. The molecule has 1 aromatic carbocycles. The monoisotopic (exact) mass is 152 g/mol. The van der Waals surface area contributed by atoms with Gasteiger partial charge in [0.25, 0.3) is 0 Å². The van der Waals surface area contributed by atoms with Gasteiger partial charge >= 0.3 is 0 Å². The fraction of sp³-hybridized carbons (Fsp3) is 0. The second-order valence-corrected chi connectivity index (χ2v) is 2.07. The van der Waals surface area contributed by atoms with Gasteiger partial charge in [0.2, 0.25) is 5.91 Å². The van der Waals surface area contributed by atoms with E-state index in [9.17, 15) is 9.18 Å². The van der Waals surface area contributed by atoms with Crippen molar-refractivity contribution in [2.75, 3.05) is 0 Å². The molecule has 0 atom stereocenters. The first-order valence-electron chi connectivity index (χ1n) is 3.09. The van der Waals surface area contributed by atoms with Gasteiger partial charge < -0.3 is 5.73 Å². The van der Waals surface area contributed by atoms with Crippen molar-refractivity contribution in [2.45, 2.75) is 0 Å². The molecule has 1 aromatic rings. The van der Waals surface area contributed by atoms with Gasteiger partial charge in [-0.25, -0.2) is 4.39 Å². The summed E-state index contributed by atoms with van der Waals surface area (Å²) in [5.41, 5.74) is 5.05. The lowest BCUT2D eigenvalue weighted by molar-refractivity contribution is -0.114. The van der Waals surface area contributed by atoms with Gasteiger partial charge in [-0.1, -0.05) is 18.2 Å². The van der Waals surface area contributed by atoms with Crippen LogP contribution in [-0.2, 0) is 4.79 Å². The molecule has 0 bridgehead atoms. The Morgan fingerprint density at radius 2 is 2.09 bits per heavy atom. The number of hydrogen-bond donors (Lipinski definition) is 1. The van der Waals surface area contributed by atoms with Crippen molar-refractivity contribution in [3.05, 3.63) is 42.1 Å². The van der Waals surface area contributed by atoms with Crippen molar-refractivity contribution in [3.63, 3.8) is 0 Å². The quantitative estimate of drug-likeness (QED) is 0.671. The summed E-state index contributed by atoms with van der Waals surface area (Å²) < 4.78 is 12.7. The van der Waals surface area contributed by atoms with E-state index >= 15 is 0 Å². The lowest BCUT2D eigenvalue weighted by Gasteiger charge is -1.96. The molecule has 0 aromatic heterocycles. The molecule has 0 unspecified atom stereocenters. The number of rotatable bonds is 2. The number of halogens is 1. The summed E-state index contributed by atoms with van der Waals surface area (Å²) in [6.07, 6.45) is 1.05. The summed E-state index contributed by atoms with van der Waals surface area (Å²) in [6, 6.07) is 5.94. The molecule has 1 radical (unpaired) electrons. The van der Waals surface area contributed by atoms with E-state index in [1.165, 1.54) is 12.1 Å². The number of benzene rings is 1. The molecule has 0 aliphatic heterocycles. The maximum absolute atomic E-state index is 12.7. The van der Waals surface area contributed by atoms with Gasteiger partial charge in [0.1, 0.15) is 5.82 Å². The van der Waals surface area contributed by atoms with Gasteiger partial charge in [-0.3, -0.25) is 4.79 Å². The van der Waals surface area contributed by atoms with Crippen LogP contribution in [0.4, 0.5) is 4.39 Å². The second kappa shape index (κ2) is 3.14. The normalized spacial score (nSPS) is 9.55. The summed E-state index contributed by atoms with van der Waals surface area (Å²) in [6.45, 7) is 0. The minimum Gasteiger partial charge on any atom is -0.369 e. The lowest BCUT2D eigenvalue weighted by Crippen LogP contribution is -2.12. The SMILES string of the molecule is NC(=O)[CH]c1ccccc1F. The molecule has 57 valence electrons. The highest BCUT2D eigenvalue weighted by Crippen LogP contribution is 2.07. The van der Waals surface area contributed by atoms with E-state index in [-0.39, 0.29) is 5.56 Å². The molecule has 0 aliphatic carbocycles. The van der Waals surface area contributed by atoms with Crippen molar-refractivity contribution in [1.82, 2.24) is 0 Å². The van der Waals surface area contributed by atoms with Gasteiger partial charge in [0.15, 0.2) is 0 Å². The second-order valence-electron chi connectivity index (χ2n) is 2.07. The maximum atomic E-state index is 12.7. The third kappa shape index (κ3) is 2.04.